The van der Waals surface area contributed by atoms with Gasteiger partial charge in [0, 0.05) is 38.9 Å². The first-order valence-electron chi connectivity index (χ1n) is 13.8. The number of hydrogen-bond acceptors (Lipinski definition) is 7. The number of alkyl halides is 2. The minimum atomic E-state index is -3.34. The highest BCUT2D eigenvalue weighted by molar-refractivity contribution is 7.10. The van der Waals surface area contributed by atoms with Gasteiger partial charge in [-0.25, -0.2) is 4.39 Å². The van der Waals surface area contributed by atoms with Gasteiger partial charge in [-0.2, -0.15) is 8.78 Å². The molecule has 3 amide bonds. The predicted octanol–water partition coefficient (Wildman–Crippen LogP) is 3.24. The van der Waals surface area contributed by atoms with Crippen molar-refractivity contribution in [2.45, 2.75) is 37.1 Å². The summed E-state index contributed by atoms with van der Waals surface area (Å²) >= 11 is 1.34. The van der Waals surface area contributed by atoms with Crippen LogP contribution < -0.4 is 16.4 Å². The summed E-state index contributed by atoms with van der Waals surface area (Å²) < 4.78 is 55.3. The minimum Gasteiger partial charge on any atom is -0.384 e. The third-order valence-electron chi connectivity index (χ3n) is 8.07. The number of nitrogens with two attached hydrogens (primary N) is 1. The third kappa shape index (κ3) is 5.22. The standard InChI is InChI=1S/C30H28F3N5O5S/c1-15(24-9-17(13-44-24)26(34)35)37-28(41)23-11-29(42-6-7-43-29)14-38(23)25(39)12-36-27(40)16-2-4-21-19(8-16)20-10-18(31)3-5-22(20)30(21,32)33/h2-5,8-10,13,15,23H,6-7,11-12,14H2,1H3,(H3,34,35)(H,36,40)(H,37,41)/t15-,23?/m1/s1. The molecule has 2 aromatic carbocycles. The van der Waals surface area contributed by atoms with Crippen LogP contribution in [0.4, 0.5) is 13.2 Å². The monoisotopic (exact) mass is 627 g/mol. The maximum Gasteiger partial charge on any atom is 0.299 e. The Morgan fingerprint density at radius 3 is 2.45 bits per heavy atom. The number of hydrogen-bond donors (Lipinski definition) is 4. The van der Waals surface area contributed by atoms with E-state index in [-0.39, 0.29) is 46.6 Å². The Labute approximate surface area is 253 Å². The molecule has 2 fully saturated rings. The van der Waals surface area contributed by atoms with E-state index in [9.17, 15) is 27.6 Å². The van der Waals surface area contributed by atoms with E-state index >= 15 is 0 Å². The van der Waals surface area contributed by atoms with Gasteiger partial charge < -0.3 is 30.7 Å². The Morgan fingerprint density at radius 2 is 1.77 bits per heavy atom. The molecule has 3 heterocycles. The number of rotatable bonds is 7. The first kappa shape index (κ1) is 29.8. The maximum atomic E-state index is 14.9. The molecular formula is C30H28F3N5O5S. The summed E-state index contributed by atoms with van der Waals surface area (Å²) in [6.07, 6.45) is 0.0867. The Hall–Kier alpha value is -4.27. The molecule has 1 aromatic heterocycles. The zero-order valence-electron chi connectivity index (χ0n) is 23.4. The zero-order valence-corrected chi connectivity index (χ0v) is 24.2. The number of thiophene rings is 1. The number of amides is 3. The van der Waals surface area contributed by atoms with Gasteiger partial charge in [-0.3, -0.25) is 19.8 Å². The topological polar surface area (TPSA) is 147 Å². The van der Waals surface area contributed by atoms with Crippen molar-refractivity contribution in [3.05, 3.63) is 80.8 Å². The molecule has 2 atom stereocenters. The van der Waals surface area contributed by atoms with Crippen molar-refractivity contribution in [1.29, 1.82) is 5.41 Å². The lowest BCUT2D eigenvalue weighted by Crippen LogP contribution is -2.49. The Kier molecular flexibility index (Phi) is 7.46. The largest absolute Gasteiger partial charge is 0.384 e. The number of fused-ring (bicyclic) bond motifs is 3. The van der Waals surface area contributed by atoms with Gasteiger partial charge in [0.05, 0.1) is 32.3 Å². The fourth-order valence-corrected chi connectivity index (χ4v) is 6.76. The fourth-order valence-electron chi connectivity index (χ4n) is 5.84. The second-order valence-corrected chi connectivity index (χ2v) is 11.9. The van der Waals surface area contributed by atoms with Gasteiger partial charge in [0.25, 0.3) is 11.8 Å². The van der Waals surface area contributed by atoms with Crippen LogP contribution in [0.5, 0.6) is 0 Å². The SMILES string of the molecule is C[C@@H](NC(=O)C1CC2(CN1C(=O)CNC(=O)c1ccc3c(c1)-c1cc(F)ccc1C3(F)F)OCCO2)c1cc(C(=N)N)cs1. The average molecular weight is 628 g/mol. The highest BCUT2D eigenvalue weighted by atomic mass is 32.1. The Balaban J connectivity index is 1.15. The molecule has 3 aromatic rings. The van der Waals surface area contributed by atoms with Gasteiger partial charge in [-0.1, -0.05) is 6.07 Å². The molecule has 3 aliphatic rings. The first-order valence-corrected chi connectivity index (χ1v) is 14.7. The van der Waals surface area contributed by atoms with Gasteiger partial charge in [-0.15, -0.1) is 11.3 Å². The summed E-state index contributed by atoms with van der Waals surface area (Å²) in [7, 11) is 0. The smallest absolute Gasteiger partial charge is 0.299 e. The van der Waals surface area contributed by atoms with E-state index in [4.69, 9.17) is 20.6 Å². The van der Waals surface area contributed by atoms with Gasteiger partial charge >= 0.3 is 0 Å². The zero-order chi connectivity index (χ0) is 31.4. The number of nitrogen functional groups attached to an aromatic ring is 1. The van der Waals surface area contributed by atoms with E-state index in [1.807, 2.05) is 0 Å². The second-order valence-electron chi connectivity index (χ2n) is 10.9. The number of carbonyl (C=O) groups is 3. The molecule has 0 saturated carbocycles. The molecule has 6 rings (SSSR count). The summed E-state index contributed by atoms with van der Waals surface area (Å²) in [6.45, 7) is 1.86. The number of halogens is 3. The van der Waals surface area contributed by atoms with Crippen molar-refractivity contribution >= 4 is 34.9 Å². The summed E-state index contributed by atoms with van der Waals surface area (Å²) in [4.78, 5) is 41.9. The maximum absolute atomic E-state index is 14.9. The van der Waals surface area contributed by atoms with Crippen LogP contribution in [0.15, 0.2) is 47.8 Å². The quantitative estimate of drug-likeness (QED) is 0.234. The van der Waals surface area contributed by atoms with Crippen LogP contribution >= 0.6 is 11.3 Å². The molecule has 5 N–H and O–H groups in total. The lowest BCUT2D eigenvalue weighted by Gasteiger charge is -2.25. The number of carbonyl (C=O) groups excluding carboxylic acids is 3. The predicted molar refractivity (Wildman–Crippen MR) is 154 cm³/mol. The van der Waals surface area contributed by atoms with Crippen LogP contribution in [0, 0.1) is 11.2 Å². The summed E-state index contributed by atoms with van der Waals surface area (Å²) in [5.41, 5.74) is 5.44. The summed E-state index contributed by atoms with van der Waals surface area (Å²) in [6, 6.07) is 6.90. The van der Waals surface area contributed by atoms with E-state index in [2.05, 4.69) is 10.6 Å². The van der Waals surface area contributed by atoms with Crippen molar-refractivity contribution in [2.24, 2.45) is 5.73 Å². The molecule has 1 unspecified atom stereocenters. The van der Waals surface area contributed by atoms with E-state index in [0.29, 0.717) is 18.8 Å². The highest BCUT2D eigenvalue weighted by Crippen LogP contribution is 2.51. The molecule has 44 heavy (non-hydrogen) atoms. The highest BCUT2D eigenvalue weighted by Gasteiger charge is 2.52. The van der Waals surface area contributed by atoms with Crippen molar-refractivity contribution in [3.63, 3.8) is 0 Å². The number of ether oxygens (including phenoxy) is 2. The number of likely N-dealkylation sites (tertiary alicyclic amines) is 1. The third-order valence-corrected chi connectivity index (χ3v) is 9.19. The number of nitrogens with one attached hydrogen (secondary N) is 3. The van der Waals surface area contributed by atoms with E-state index in [0.717, 1.165) is 29.1 Å². The molecule has 0 radical (unpaired) electrons. The van der Waals surface area contributed by atoms with Crippen LogP contribution in [-0.2, 0) is 25.0 Å². The molecule has 1 aliphatic carbocycles. The van der Waals surface area contributed by atoms with Crippen LogP contribution in [0.3, 0.4) is 0 Å². The van der Waals surface area contributed by atoms with Crippen LogP contribution in [0.2, 0.25) is 0 Å². The van der Waals surface area contributed by atoms with Gasteiger partial charge in [0.15, 0.2) is 5.79 Å². The lowest BCUT2D eigenvalue weighted by molar-refractivity contribution is -0.152. The summed E-state index contributed by atoms with van der Waals surface area (Å²) in [5.74, 6) is -6.99. The van der Waals surface area contributed by atoms with Crippen LogP contribution in [0.25, 0.3) is 11.1 Å². The van der Waals surface area contributed by atoms with Gasteiger partial charge in [-0.05, 0) is 54.4 Å². The van der Waals surface area contributed by atoms with Crippen molar-refractivity contribution < 1.29 is 37.0 Å². The van der Waals surface area contributed by atoms with Crippen LogP contribution in [-0.4, -0.2) is 66.6 Å². The fraction of sp³-hybridized carbons (Fsp3) is 0.333. The first-order chi connectivity index (χ1) is 20.9. The molecule has 10 nitrogen and oxygen atoms in total. The van der Waals surface area contributed by atoms with Crippen molar-refractivity contribution in [1.82, 2.24) is 15.5 Å². The Morgan fingerprint density at radius 1 is 1.09 bits per heavy atom. The number of amidine groups is 1. The molecule has 0 bridgehead atoms. The molecular weight excluding hydrogens is 599 g/mol. The number of benzene rings is 2. The van der Waals surface area contributed by atoms with Crippen molar-refractivity contribution in [3.8, 4) is 11.1 Å². The Bertz CT molecular complexity index is 1690. The van der Waals surface area contributed by atoms with E-state index < -0.39 is 53.9 Å². The molecule has 2 aliphatic heterocycles. The van der Waals surface area contributed by atoms with E-state index in [1.165, 1.54) is 28.4 Å². The van der Waals surface area contributed by atoms with E-state index in [1.54, 1.807) is 18.4 Å². The molecule has 1 spiro atoms. The van der Waals surface area contributed by atoms with Gasteiger partial charge in [0.2, 0.25) is 11.8 Å². The van der Waals surface area contributed by atoms with Gasteiger partial charge in [0.1, 0.15) is 17.7 Å². The average Bonchev–Trinajstić information content (AvgIpc) is 3.78. The number of nitrogens with zero attached hydrogens (tertiary/aromatic N) is 1. The molecule has 230 valence electrons. The molecule has 14 heteroatoms. The lowest BCUT2D eigenvalue weighted by atomic mass is 10.0. The second kappa shape index (κ2) is 11.0. The van der Waals surface area contributed by atoms with Crippen LogP contribution in [0.1, 0.15) is 51.3 Å². The normalized spacial score (nSPS) is 19.8. The minimum absolute atomic E-state index is 0.00203. The molecule has 2 saturated heterocycles. The summed E-state index contributed by atoms with van der Waals surface area (Å²) in [5, 5.41) is 14.7. The van der Waals surface area contributed by atoms with Crippen molar-refractivity contribution in [2.75, 3.05) is 26.3 Å².